The number of Topliss-reactive ketones (excluding diaryl/α,β-unsaturated/α-hetero) is 1. The summed E-state index contributed by atoms with van der Waals surface area (Å²) in [6.45, 7) is 7.30. The SMILES string of the molecule is C=CCOC(=O)c1sc(N2C(=O)C(=O)C(=C(O)c3ccc(OCc4ccccc4)c(C)c3)C2c2cc(OC)c(OC)c(OC)c2)nc1C. The number of anilines is 1. The van der Waals surface area contributed by atoms with Gasteiger partial charge in [0.1, 0.15) is 29.6 Å². The Labute approximate surface area is 281 Å². The average Bonchev–Trinajstić information content (AvgIpc) is 3.61. The Balaban J connectivity index is 1.64. The van der Waals surface area contributed by atoms with Crippen LogP contribution in [-0.2, 0) is 20.9 Å². The normalized spacial score (nSPS) is 15.3. The lowest BCUT2D eigenvalue weighted by Gasteiger charge is -2.24. The highest BCUT2D eigenvalue weighted by Crippen LogP contribution is 2.48. The average molecular weight is 671 g/mol. The van der Waals surface area contributed by atoms with Gasteiger partial charge in [-0.15, -0.1) is 0 Å². The number of carbonyl (C=O) groups excluding carboxylic acids is 3. The van der Waals surface area contributed by atoms with E-state index in [1.165, 1.54) is 27.4 Å². The maximum Gasteiger partial charge on any atom is 0.350 e. The molecule has 0 radical (unpaired) electrons. The van der Waals surface area contributed by atoms with Gasteiger partial charge in [-0.2, -0.15) is 0 Å². The second-order valence-electron chi connectivity index (χ2n) is 10.7. The van der Waals surface area contributed by atoms with Crippen molar-refractivity contribution >= 4 is 39.9 Å². The number of benzene rings is 3. The van der Waals surface area contributed by atoms with Gasteiger partial charge in [-0.3, -0.25) is 14.5 Å². The Bertz CT molecular complexity index is 1890. The Morgan fingerprint density at radius 3 is 2.27 bits per heavy atom. The van der Waals surface area contributed by atoms with Crippen LogP contribution in [0.2, 0.25) is 0 Å². The summed E-state index contributed by atoms with van der Waals surface area (Å²) >= 11 is 0.890. The molecule has 5 rings (SSSR count). The van der Waals surface area contributed by atoms with E-state index in [1.54, 1.807) is 37.3 Å². The number of aliphatic hydroxyl groups excluding tert-OH is 1. The number of esters is 1. The summed E-state index contributed by atoms with van der Waals surface area (Å²) in [5.41, 5.74) is 2.44. The van der Waals surface area contributed by atoms with E-state index in [4.69, 9.17) is 23.7 Å². The molecule has 1 aromatic heterocycles. The number of ether oxygens (including phenoxy) is 5. The van der Waals surface area contributed by atoms with Gasteiger partial charge >= 0.3 is 11.9 Å². The van der Waals surface area contributed by atoms with Crippen LogP contribution in [0.5, 0.6) is 23.0 Å². The number of amides is 1. The van der Waals surface area contributed by atoms with E-state index in [2.05, 4.69) is 11.6 Å². The summed E-state index contributed by atoms with van der Waals surface area (Å²) in [7, 11) is 4.33. The van der Waals surface area contributed by atoms with Gasteiger partial charge in [0.2, 0.25) is 5.75 Å². The van der Waals surface area contributed by atoms with Crippen LogP contribution in [0, 0.1) is 13.8 Å². The Kier molecular flexibility index (Phi) is 10.1. The van der Waals surface area contributed by atoms with Crippen LogP contribution in [0.4, 0.5) is 5.13 Å². The molecule has 0 bridgehead atoms. The zero-order valence-electron chi connectivity index (χ0n) is 27.1. The van der Waals surface area contributed by atoms with Crippen LogP contribution in [0.15, 0.2) is 78.9 Å². The number of hydrogen-bond acceptors (Lipinski definition) is 11. The summed E-state index contributed by atoms with van der Waals surface area (Å²) in [5, 5.41) is 11.8. The maximum absolute atomic E-state index is 13.9. The Hall–Kier alpha value is -5.62. The molecule has 0 saturated carbocycles. The van der Waals surface area contributed by atoms with Crippen molar-refractivity contribution in [3.05, 3.63) is 112 Å². The first-order valence-electron chi connectivity index (χ1n) is 14.8. The summed E-state index contributed by atoms with van der Waals surface area (Å²) in [6, 6.07) is 16.6. The van der Waals surface area contributed by atoms with Gasteiger partial charge in [-0.1, -0.05) is 54.3 Å². The summed E-state index contributed by atoms with van der Waals surface area (Å²) in [5.74, 6) is -1.56. The number of ketones is 1. The predicted molar refractivity (Wildman–Crippen MR) is 180 cm³/mol. The Morgan fingerprint density at radius 1 is 0.979 bits per heavy atom. The van der Waals surface area contributed by atoms with Crippen molar-refractivity contribution in [3.63, 3.8) is 0 Å². The molecule has 1 fully saturated rings. The van der Waals surface area contributed by atoms with Gasteiger partial charge < -0.3 is 28.8 Å². The number of hydrogen-bond donors (Lipinski definition) is 1. The zero-order valence-corrected chi connectivity index (χ0v) is 27.9. The minimum absolute atomic E-state index is 0.0169. The third-order valence-electron chi connectivity index (χ3n) is 7.64. The van der Waals surface area contributed by atoms with Crippen molar-refractivity contribution in [2.24, 2.45) is 0 Å². The molecular formula is C36H34N2O9S. The van der Waals surface area contributed by atoms with Crippen molar-refractivity contribution in [1.82, 2.24) is 4.98 Å². The Morgan fingerprint density at radius 2 is 1.67 bits per heavy atom. The molecule has 248 valence electrons. The molecule has 0 spiro atoms. The van der Waals surface area contributed by atoms with Gasteiger partial charge in [-0.05, 0) is 60.9 Å². The molecule has 1 atom stereocenters. The minimum Gasteiger partial charge on any atom is -0.507 e. The third-order valence-corrected chi connectivity index (χ3v) is 8.78. The van der Waals surface area contributed by atoms with Crippen LogP contribution in [-0.4, -0.2) is 55.7 Å². The second-order valence-corrected chi connectivity index (χ2v) is 11.7. The highest BCUT2D eigenvalue weighted by Gasteiger charge is 2.49. The summed E-state index contributed by atoms with van der Waals surface area (Å²) < 4.78 is 27.8. The number of nitrogens with zero attached hydrogens (tertiary/aromatic N) is 2. The number of rotatable bonds is 12. The molecule has 11 nitrogen and oxygen atoms in total. The quantitative estimate of drug-likeness (QED) is 0.0599. The van der Waals surface area contributed by atoms with Gasteiger partial charge in [-0.25, -0.2) is 9.78 Å². The lowest BCUT2D eigenvalue weighted by molar-refractivity contribution is -0.132. The van der Waals surface area contributed by atoms with Crippen molar-refractivity contribution < 1.29 is 43.2 Å². The monoisotopic (exact) mass is 670 g/mol. The second kappa shape index (κ2) is 14.4. The minimum atomic E-state index is -1.20. The summed E-state index contributed by atoms with van der Waals surface area (Å²) in [4.78, 5) is 46.2. The molecule has 0 aliphatic carbocycles. The van der Waals surface area contributed by atoms with Gasteiger partial charge in [0, 0.05) is 5.56 Å². The fourth-order valence-corrected chi connectivity index (χ4v) is 6.32. The van der Waals surface area contributed by atoms with E-state index in [9.17, 15) is 19.5 Å². The molecular weight excluding hydrogens is 636 g/mol. The molecule has 1 aliphatic heterocycles. The smallest absolute Gasteiger partial charge is 0.350 e. The van der Waals surface area contributed by atoms with E-state index in [-0.39, 0.29) is 33.7 Å². The number of carbonyl (C=O) groups is 3. The van der Waals surface area contributed by atoms with E-state index >= 15 is 0 Å². The van der Waals surface area contributed by atoms with Crippen LogP contribution in [0.3, 0.4) is 0 Å². The van der Waals surface area contributed by atoms with E-state index < -0.39 is 29.5 Å². The van der Waals surface area contributed by atoms with Crippen molar-refractivity contribution in [2.75, 3.05) is 32.8 Å². The topological polar surface area (TPSA) is 134 Å². The standard InChI is InChI=1S/C36H34N2O9S/c1-7-15-46-35(42)33-21(3)37-36(48-33)38-29(24-17-26(43-4)32(45-6)27(18-24)44-5)28(31(40)34(38)41)30(39)23-13-14-25(20(2)16-23)47-19-22-11-9-8-10-12-22/h7-14,16-18,29,39H,1,15,19H2,2-6H3. The summed E-state index contributed by atoms with van der Waals surface area (Å²) in [6.07, 6.45) is 1.43. The van der Waals surface area contributed by atoms with Crippen molar-refractivity contribution in [2.45, 2.75) is 26.5 Å². The van der Waals surface area contributed by atoms with Crippen molar-refractivity contribution in [1.29, 1.82) is 0 Å². The van der Waals surface area contributed by atoms with Gasteiger partial charge in [0.05, 0.1) is 38.6 Å². The highest BCUT2D eigenvalue weighted by molar-refractivity contribution is 7.17. The lowest BCUT2D eigenvalue weighted by atomic mass is 9.94. The van der Waals surface area contributed by atoms with Gasteiger partial charge in [0.15, 0.2) is 16.6 Å². The number of aromatic nitrogens is 1. The fraction of sp³-hybridized carbons (Fsp3) is 0.222. The molecule has 48 heavy (non-hydrogen) atoms. The van der Waals surface area contributed by atoms with Crippen LogP contribution >= 0.6 is 11.3 Å². The first-order chi connectivity index (χ1) is 23.1. The van der Waals surface area contributed by atoms with Crippen LogP contribution < -0.4 is 23.8 Å². The third kappa shape index (κ3) is 6.47. The van der Waals surface area contributed by atoms with E-state index in [1.807, 2.05) is 37.3 Å². The largest absolute Gasteiger partial charge is 0.507 e. The highest BCUT2D eigenvalue weighted by atomic mass is 32.1. The molecule has 1 amide bonds. The fourth-order valence-electron chi connectivity index (χ4n) is 5.33. The molecule has 1 saturated heterocycles. The van der Waals surface area contributed by atoms with Crippen LogP contribution in [0.25, 0.3) is 5.76 Å². The number of methoxy groups -OCH3 is 3. The molecule has 2 heterocycles. The first-order valence-corrected chi connectivity index (χ1v) is 15.6. The lowest BCUT2D eigenvalue weighted by Crippen LogP contribution is -2.29. The number of aliphatic hydroxyl groups is 1. The van der Waals surface area contributed by atoms with Crippen LogP contribution in [0.1, 0.15) is 43.7 Å². The van der Waals surface area contributed by atoms with Crippen molar-refractivity contribution in [3.8, 4) is 23.0 Å². The maximum atomic E-state index is 13.9. The predicted octanol–water partition coefficient (Wildman–Crippen LogP) is 6.33. The molecule has 3 aromatic carbocycles. The number of aryl methyl sites for hydroxylation is 2. The van der Waals surface area contributed by atoms with E-state index in [0.29, 0.717) is 40.5 Å². The molecule has 12 heteroatoms. The zero-order chi connectivity index (χ0) is 34.5. The molecule has 4 aromatic rings. The number of thiazole rings is 1. The molecule has 1 N–H and O–H groups in total. The van der Waals surface area contributed by atoms with Gasteiger partial charge in [0.25, 0.3) is 5.78 Å². The first kappa shape index (κ1) is 33.7. The van der Waals surface area contributed by atoms with E-state index in [0.717, 1.165) is 21.8 Å². The molecule has 1 unspecified atom stereocenters. The molecule has 1 aliphatic rings.